The Balaban J connectivity index is 0.00000320. The van der Waals surface area contributed by atoms with Crippen molar-refractivity contribution in [3.05, 3.63) is 47.5 Å². The average molecular weight is 447 g/mol. The van der Waals surface area contributed by atoms with E-state index in [1.54, 1.807) is 49.5 Å². The summed E-state index contributed by atoms with van der Waals surface area (Å²) in [4.78, 5) is 21.6. The molecule has 0 spiro atoms. The fourth-order valence-electron chi connectivity index (χ4n) is 2.82. The van der Waals surface area contributed by atoms with Crippen LogP contribution < -0.4 is 14.4 Å². The van der Waals surface area contributed by atoms with Gasteiger partial charge in [-0.2, -0.15) is 5.26 Å². The Kier molecular flexibility index (Phi) is 8.00. The normalized spacial score (nSPS) is 10.4. The van der Waals surface area contributed by atoms with E-state index in [2.05, 4.69) is 6.07 Å². The predicted octanol–water partition coefficient (Wildman–Crippen LogP) is 3.82. The minimum Gasteiger partial charge on any atom is -0.495 e. The van der Waals surface area contributed by atoms with Gasteiger partial charge in [-0.25, -0.2) is 4.98 Å². The maximum Gasteiger partial charge on any atom is 0.260 e. The minimum atomic E-state index is -0.173. The number of carbonyl (C=O) groups excluding carboxylic acids is 1. The molecule has 9 heteroatoms. The van der Waals surface area contributed by atoms with E-state index in [0.717, 1.165) is 4.70 Å². The molecule has 0 bridgehead atoms. The molecule has 158 valence electrons. The third-order valence-corrected chi connectivity index (χ3v) is 5.50. The van der Waals surface area contributed by atoms with E-state index in [-0.39, 0.29) is 18.3 Å². The Morgan fingerprint density at radius 2 is 1.70 bits per heavy atom. The van der Waals surface area contributed by atoms with Crippen LogP contribution in [0.5, 0.6) is 11.5 Å². The fraction of sp³-hybridized carbons (Fsp3) is 0.286. The van der Waals surface area contributed by atoms with Gasteiger partial charge in [0.15, 0.2) is 5.13 Å². The first-order valence-electron chi connectivity index (χ1n) is 8.96. The molecule has 1 heterocycles. The summed E-state index contributed by atoms with van der Waals surface area (Å²) in [6, 6.07) is 12.3. The maximum atomic E-state index is 13.3. The first-order chi connectivity index (χ1) is 14.0. The van der Waals surface area contributed by atoms with Crippen LogP contribution in [-0.4, -0.2) is 57.2 Å². The first-order valence-corrected chi connectivity index (χ1v) is 9.78. The van der Waals surface area contributed by atoms with Gasteiger partial charge in [-0.3, -0.25) is 9.69 Å². The molecule has 0 atom stereocenters. The van der Waals surface area contributed by atoms with Crippen molar-refractivity contribution in [3.63, 3.8) is 0 Å². The van der Waals surface area contributed by atoms with Crippen LogP contribution in [0.15, 0.2) is 36.4 Å². The second-order valence-corrected chi connectivity index (χ2v) is 7.57. The Morgan fingerprint density at radius 3 is 2.27 bits per heavy atom. The third kappa shape index (κ3) is 4.82. The number of anilines is 1. The number of rotatable bonds is 7. The van der Waals surface area contributed by atoms with Gasteiger partial charge in [0.05, 0.1) is 25.9 Å². The number of carbonyl (C=O) groups is 1. The molecular weight excluding hydrogens is 424 g/mol. The summed E-state index contributed by atoms with van der Waals surface area (Å²) >= 11 is 1.39. The van der Waals surface area contributed by atoms with Gasteiger partial charge in [0.2, 0.25) is 0 Å². The van der Waals surface area contributed by atoms with Crippen molar-refractivity contribution in [2.24, 2.45) is 0 Å². The van der Waals surface area contributed by atoms with E-state index >= 15 is 0 Å². The molecule has 7 nitrogen and oxygen atoms in total. The van der Waals surface area contributed by atoms with E-state index in [1.807, 2.05) is 25.1 Å². The van der Waals surface area contributed by atoms with Gasteiger partial charge in [0.1, 0.15) is 21.7 Å². The van der Waals surface area contributed by atoms with Gasteiger partial charge < -0.3 is 14.4 Å². The molecule has 0 aliphatic heterocycles. The number of hydrogen-bond donors (Lipinski definition) is 0. The van der Waals surface area contributed by atoms with Crippen molar-refractivity contribution < 1.29 is 14.3 Å². The molecule has 0 fully saturated rings. The number of aromatic nitrogens is 1. The van der Waals surface area contributed by atoms with Gasteiger partial charge in [-0.1, -0.05) is 11.3 Å². The fourth-order valence-corrected chi connectivity index (χ4v) is 3.92. The quantitative estimate of drug-likeness (QED) is 0.549. The lowest BCUT2D eigenvalue weighted by molar-refractivity contribution is 0.0985. The summed E-state index contributed by atoms with van der Waals surface area (Å²) in [6.45, 7) is 1.14. The van der Waals surface area contributed by atoms with Crippen LogP contribution in [0.1, 0.15) is 15.9 Å². The van der Waals surface area contributed by atoms with Crippen LogP contribution in [0.4, 0.5) is 5.13 Å². The smallest absolute Gasteiger partial charge is 0.260 e. The highest BCUT2D eigenvalue weighted by molar-refractivity contribution is 7.22. The van der Waals surface area contributed by atoms with Crippen LogP contribution in [0.2, 0.25) is 0 Å². The summed E-state index contributed by atoms with van der Waals surface area (Å²) < 4.78 is 11.7. The number of ether oxygens (including phenoxy) is 2. The minimum absolute atomic E-state index is 0. The summed E-state index contributed by atoms with van der Waals surface area (Å²) in [5, 5.41) is 9.56. The molecule has 0 unspecified atom stereocenters. The molecule has 30 heavy (non-hydrogen) atoms. The van der Waals surface area contributed by atoms with Crippen molar-refractivity contribution in [1.82, 2.24) is 9.88 Å². The summed E-state index contributed by atoms with van der Waals surface area (Å²) in [6.07, 6.45) is 0. The largest absolute Gasteiger partial charge is 0.495 e. The van der Waals surface area contributed by atoms with Crippen molar-refractivity contribution in [1.29, 1.82) is 5.26 Å². The summed E-state index contributed by atoms with van der Waals surface area (Å²) in [7, 11) is 7.10. The molecule has 0 N–H and O–H groups in total. The highest BCUT2D eigenvalue weighted by atomic mass is 35.5. The molecule has 3 aromatic rings. The second kappa shape index (κ2) is 10.3. The number of hydrogen-bond acceptors (Lipinski definition) is 7. The number of methoxy groups -OCH3 is 2. The topological polar surface area (TPSA) is 78.7 Å². The van der Waals surface area contributed by atoms with Gasteiger partial charge in [-0.15, -0.1) is 12.4 Å². The molecule has 0 radical (unpaired) electrons. The van der Waals surface area contributed by atoms with E-state index in [9.17, 15) is 4.79 Å². The monoisotopic (exact) mass is 446 g/mol. The number of nitrogens with zero attached hydrogens (tertiary/aromatic N) is 4. The number of fused-ring (bicyclic) bond motifs is 1. The van der Waals surface area contributed by atoms with E-state index in [0.29, 0.717) is 46.4 Å². The lowest BCUT2D eigenvalue weighted by atomic mass is 10.1. The molecule has 0 aliphatic rings. The van der Waals surface area contributed by atoms with Crippen LogP contribution in [-0.2, 0) is 0 Å². The molecule has 0 aliphatic carbocycles. The zero-order chi connectivity index (χ0) is 21.0. The van der Waals surface area contributed by atoms with Crippen molar-refractivity contribution in [3.8, 4) is 17.6 Å². The van der Waals surface area contributed by atoms with Crippen molar-refractivity contribution in [2.45, 2.75) is 0 Å². The van der Waals surface area contributed by atoms with E-state index in [1.165, 1.54) is 11.3 Å². The third-order valence-electron chi connectivity index (χ3n) is 4.41. The number of likely N-dealkylation sites (N-methyl/N-ethyl adjacent to an activating group) is 1. The van der Waals surface area contributed by atoms with Crippen molar-refractivity contribution >= 4 is 45.0 Å². The molecular formula is C21H23ClN4O3S. The van der Waals surface area contributed by atoms with Gasteiger partial charge in [0, 0.05) is 18.7 Å². The standard InChI is InChI=1S/C21H22N4O3S.ClH/c1-24(2)11-12-25(20(26)15-7-5-14(13-22)6-8-15)21-23-18-16(27-3)9-10-17(28-4)19(18)29-21;/h5-10H,11-12H2,1-4H3;1H. The summed E-state index contributed by atoms with van der Waals surface area (Å²) in [5.41, 5.74) is 1.67. The molecule has 2 aromatic carbocycles. The van der Waals surface area contributed by atoms with Crippen LogP contribution in [0.3, 0.4) is 0 Å². The number of halogens is 1. The Morgan fingerprint density at radius 1 is 1.07 bits per heavy atom. The highest BCUT2D eigenvalue weighted by Gasteiger charge is 2.23. The molecule has 3 rings (SSSR count). The van der Waals surface area contributed by atoms with Crippen LogP contribution in [0, 0.1) is 11.3 Å². The lowest BCUT2D eigenvalue weighted by Crippen LogP contribution is -2.36. The number of thiazole rings is 1. The Bertz CT molecular complexity index is 1020. The maximum absolute atomic E-state index is 13.3. The first kappa shape index (κ1) is 23.4. The number of amides is 1. The van der Waals surface area contributed by atoms with Crippen LogP contribution in [0.25, 0.3) is 10.2 Å². The van der Waals surface area contributed by atoms with Gasteiger partial charge in [-0.05, 0) is 50.5 Å². The Labute approximate surface area is 185 Å². The van der Waals surface area contributed by atoms with Crippen molar-refractivity contribution in [2.75, 3.05) is 46.3 Å². The van der Waals surface area contributed by atoms with Crippen LogP contribution >= 0.6 is 23.7 Å². The Hall–Kier alpha value is -2.86. The van der Waals surface area contributed by atoms with Gasteiger partial charge in [0.25, 0.3) is 5.91 Å². The molecule has 0 saturated carbocycles. The number of nitriles is 1. The SMILES string of the molecule is COc1ccc(OC)c2sc(N(CCN(C)C)C(=O)c3ccc(C#N)cc3)nc12.Cl. The molecule has 1 amide bonds. The zero-order valence-electron chi connectivity index (χ0n) is 17.2. The number of benzene rings is 2. The molecule has 0 saturated heterocycles. The molecule has 1 aromatic heterocycles. The van der Waals surface area contributed by atoms with E-state index < -0.39 is 0 Å². The lowest BCUT2D eigenvalue weighted by Gasteiger charge is -2.22. The predicted molar refractivity (Wildman–Crippen MR) is 121 cm³/mol. The second-order valence-electron chi connectivity index (χ2n) is 6.59. The summed E-state index contributed by atoms with van der Waals surface area (Å²) in [5.74, 6) is 1.14. The van der Waals surface area contributed by atoms with E-state index in [4.69, 9.17) is 19.7 Å². The zero-order valence-corrected chi connectivity index (χ0v) is 18.8. The highest BCUT2D eigenvalue weighted by Crippen LogP contribution is 2.40. The average Bonchev–Trinajstić information content (AvgIpc) is 3.18. The van der Waals surface area contributed by atoms with Gasteiger partial charge >= 0.3 is 0 Å².